The van der Waals surface area contributed by atoms with Crippen molar-refractivity contribution in [3.63, 3.8) is 0 Å². The topological polar surface area (TPSA) is 24.5 Å². The molecule has 2 rings (SSSR count). The molecule has 3 heteroatoms. The van der Waals surface area contributed by atoms with Crippen LogP contribution in [-0.2, 0) is 4.74 Å². The van der Waals surface area contributed by atoms with Crippen LogP contribution in [0.1, 0.15) is 64.7 Å². The molecule has 1 saturated heterocycles. The zero-order valence-electron chi connectivity index (χ0n) is 14.3. The maximum absolute atomic E-state index is 5.19. The normalized spacial score (nSPS) is 28.9. The summed E-state index contributed by atoms with van der Waals surface area (Å²) >= 11 is 0. The second-order valence-corrected chi connectivity index (χ2v) is 7.05. The SMILES string of the molecule is CCCC1CNC(C2CCCCC2)CN1CCCCOC. The highest BCUT2D eigenvalue weighted by atomic mass is 16.5. The first-order valence-electron chi connectivity index (χ1n) is 9.31. The molecule has 1 aliphatic heterocycles. The van der Waals surface area contributed by atoms with Crippen LogP contribution in [0.5, 0.6) is 0 Å². The highest BCUT2D eigenvalue weighted by Gasteiger charge is 2.31. The van der Waals surface area contributed by atoms with Crippen molar-refractivity contribution in [2.24, 2.45) is 5.92 Å². The van der Waals surface area contributed by atoms with Gasteiger partial charge in [-0.05, 0) is 44.6 Å². The van der Waals surface area contributed by atoms with Gasteiger partial charge in [0.15, 0.2) is 0 Å². The van der Waals surface area contributed by atoms with Crippen LogP contribution in [0.2, 0.25) is 0 Å². The Morgan fingerprint density at radius 2 is 1.95 bits per heavy atom. The Kier molecular flexibility index (Phi) is 8.05. The molecule has 2 unspecified atom stereocenters. The third-order valence-corrected chi connectivity index (χ3v) is 5.45. The highest BCUT2D eigenvalue weighted by molar-refractivity contribution is 4.90. The Hall–Kier alpha value is -0.120. The molecule has 3 nitrogen and oxygen atoms in total. The van der Waals surface area contributed by atoms with E-state index < -0.39 is 0 Å². The quantitative estimate of drug-likeness (QED) is 0.695. The fourth-order valence-electron chi connectivity index (χ4n) is 4.19. The van der Waals surface area contributed by atoms with Gasteiger partial charge >= 0.3 is 0 Å². The maximum Gasteiger partial charge on any atom is 0.0462 e. The largest absolute Gasteiger partial charge is 0.385 e. The summed E-state index contributed by atoms with van der Waals surface area (Å²) in [6.45, 7) is 6.98. The molecule has 21 heavy (non-hydrogen) atoms. The Labute approximate surface area is 131 Å². The van der Waals surface area contributed by atoms with Crippen LogP contribution in [0.3, 0.4) is 0 Å². The van der Waals surface area contributed by atoms with Crippen LogP contribution < -0.4 is 5.32 Å². The van der Waals surface area contributed by atoms with Crippen molar-refractivity contribution in [3.05, 3.63) is 0 Å². The first-order chi connectivity index (χ1) is 10.3. The predicted octanol–water partition coefficient (Wildman–Crippen LogP) is 3.44. The Morgan fingerprint density at radius 3 is 2.67 bits per heavy atom. The van der Waals surface area contributed by atoms with Gasteiger partial charge < -0.3 is 10.1 Å². The third-order valence-electron chi connectivity index (χ3n) is 5.45. The molecule has 124 valence electrons. The minimum absolute atomic E-state index is 0.751. The lowest BCUT2D eigenvalue weighted by Gasteiger charge is -2.44. The standard InChI is InChI=1S/C18H36N2O/c1-3-9-17-14-19-18(16-10-5-4-6-11-16)15-20(17)12-7-8-13-21-2/h16-19H,3-15H2,1-2H3. The van der Waals surface area contributed by atoms with E-state index in [0.29, 0.717) is 0 Å². The van der Waals surface area contributed by atoms with Crippen molar-refractivity contribution in [2.45, 2.75) is 76.8 Å². The first kappa shape index (κ1) is 17.2. The number of methoxy groups -OCH3 is 1. The number of hydrogen-bond donors (Lipinski definition) is 1. The smallest absolute Gasteiger partial charge is 0.0462 e. The summed E-state index contributed by atoms with van der Waals surface area (Å²) in [6, 6.07) is 1.51. The summed E-state index contributed by atoms with van der Waals surface area (Å²) in [4.78, 5) is 2.79. The van der Waals surface area contributed by atoms with Gasteiger partial charge in [-0.25, -0.2) is 0 Å². The minimum Gasteiger partial charge on any atom is -0.385 e. The summed E-state index contributed by atoms with van der Waals surface area (Å²) in [6.07, 6.45) is 12.4. The predicted molar refractivity (Wildman–Crippen MR) is 89.7 cm³/mol. The summed E-state index contributed by atoms with van der Waals surface area (Å²) in [7, 11) is 1.81. The van der Waals surface area contributed by atoms with E-state index >= 15 is 0 Å². The Morgan fingerprint density at radius 1 is 1.14 bits per heavy atom. The van der Waals surface area contributed by atoms with Gasteiger partial charge in [0.25, 0.3) is 0 Å². The van der Waals surface area contributed by atoms with E-state index in [2.05, 4.69) is 17.1 Å². The molecule has 2 aliphatic rings. The number of nitrogens with zero attached hydrogens (tertiary/aromatic N) is 1. The zero-order valence-corrected chi connectivity index (χ0v) is 14.3. The average molecular weight is 296 g/mol. The van der Waals surface area contributed by atoms with Crippen LogP contribution in [0.25, 0.3) is 0 Å². The fourth-order valence-corrected chi connectivity index (χ4v) is 4.19. The molecule has 1 heterocycles. The van der Waals surface area contributed by atoms with Crippen molar-refractivity contribution in [3.8, 4) is 0 Å². The van der Waals surface area contributed by atoms with Gasteiger partial charge in [-0.1, -0.05) is 32.6 Å². The molecule has 2 atom stereocenters. The van der Waals surface area contributed by atoms with Gasteiger partial charge in [0, 0.05) is 38.9 Å². The van der Waals surface area contributed by atoms with Crippen LogP contribution >= 0.6 is 0 Å². The maximum atomic E-state index is 5.19. The molecule has 2 fully saturated rings. The summed E-state index contributed by atoms with van der Waals surface area (Å²) in [5, 5.41) is 3.89. The number of rotatable bonds is 8. The van der Waals surface area contributed by atoms with E-state index in [0.717, 1.165) is 24.6 Å². The second-order valence-electron chi connectivity index (χ2n) is 7.05. The molecule has 0 radical (unpaired) electrons. The van der Waals surface area contributed by atoms with E-state index in [1.807, 2.05) is 7.11 Å². The second kappa shape index (κ2) is 9.81. The monoisotopic (exact) mass is 296 g/mol. The molecule has 0 aromatic carbocycles. The van der Waals surface area contributed by atoms with Crippen LogP contribution in [0, 0.1) is 5.92 Å². The molecule has 0 aromatic rings. The van der Waals surface area contributed by atoms with Gasteiger partial charge in [-0.15, -0.1) is 0 Å². The van der Waals surface area contributed by atoms with E-state index in [-0.39, 0.29) is 0 Å². The van der Waals surface area contributed by atoms with Crippen molar-refractivity contribution in [1.82, 2.24) is 10.2 Å². The molecule has 1 N–H and O–H groups in total. The van der Waals surface area contributed by atoms with Crippen molar-refractivity contribution < 1.29 is 4.74 Å². The van der Waals surface area contributed by atoms with E-state index in [1.165, 1.54) is 77.4 Å². The van der Waals surface area contributed by atoms with E-state index in [9.17, 15) is 0 Å². The molecular formula is C18H36N2O. The van der Waals surface area contributed by atoms with Gasteiger partial charge in [0.05, 0.1) is 0 Å². The van der Waals surface area contributed by atoms with Gasteiger partial charge in [-0.2, -0.15) is 0 Å². The highest BCUT2D eigenvalue weighted by Crippen LogP contribution is 2.29. The number of piperazine rings is 1. The van der Waals surface area contributed by atoms with Crippen LogP contribution in [-0.4, -0.2) is 50.3 Å². The number of hydrogen-bond acceptors (Lipinski definition) is 3. The van der Waals surface area contributed by atoms with E-state index in [4.69, 9.17) is 4.74 Å². The Balaban J connectivity index is 1.81. The van der Waals surface area contributed by atoms with E-state index in [1.54, 1.807) is 0 Å². The molecular weight excluding hydrogens is 260 g/mol. The summed E-state index contributed by atoms with van der Waals surface area (Å²) < 4.78 is 5.19. The Bertz CT molecular complexity index is 266. The molecule has 1 aliphatic carbocycles. The van der Waals surface area contributed by atoms with Crippen molar-refractivity contribution >= 4 is 0 Å². The molecule has 1 saturated carbocycles. The summed E-state index contributed by atoms with van der Waals surface area (Å²) in [5.74, 6) is 0.933. The fraction of sp³-hybridized carbons (Fsp3) is 1.00. The third kappa shape index (κ3) is 5.54. The van der Waals surface area contributed by atoms with Crippen molar-refractivity contribution in [2.75, 3.05) is 33.4 Å². The number of ether oxygens (including phenoxy) is 1. The molecule has 0 aromatic heterocycles. The zero-order chi connectivity index (χ0) is 14.9. The summed E-state index contributed by atoms with van der Waals surface area (Å²) in [5.41, 5.74) is 0. The van der Waals surface area contributed by atoms with Gasteiger partial charge in [0.2, 0.25) is 0 Å². The minimum atomic E-state index is 0.751. The lowest BCUT2D eigenvalue weighted by molar-refractivity contribution is 0.0862. The van der Waals surface area contributed by atoms with Crippen LogP contribution in [0.4, 0.5) is 0 Å². The number of unbranched alkanes of at least 4 members (excludes halogenated alkanes) is 1. The lowest BCUT2D eigenvalue weighted by Crippen LogP contribution is -2.59. The average Bonchev–Trinajstić information content (AvgIpc) is 2.54. The van der Waals surface area contributed by atoms with Crippen LogP contribution in [0.15, 0.2) is 0 Å². The van der Waals surface area contributed by atoms with Crippen molar-refractivity contribution in [1.29, 1.82) is 0 Å². The lowest BCUT2D eigenvalue weighted by atomic mass is 9.82. The molecule has 0 spiro atoms. The number of nitrogens with one attached hydrogen (secondary N) is 1. The van der Waals surface area contributed by atoms with Gasteiger partial charge in [0.1, 0.15) is 0 Å². The van der Waals surface area contributed by atoms with Gasteiger partial charge in [-0.3, -0.25) is 4.90 Å². The first-order valence-corrected chi connectivity index (χ1v) is 9.31. The molecule has 0 amide bonds. The molecule has 0 bridgehead atoms.